The Labute approximate surface area is 371 Å². The minimum absolute atomic E-state index is 0.0136. The van der Waals surface area contributed by atoms with Crippen LogP contribution in [0, 0.1) is 0 Å². The average molecular weight is 809 g/mol. The molecule has 0 unspecified atom stereocenters. The molecule has 1 spiro atoms. The Morgan fingerprint density at radius 3 is 1.33 bits per heavy atom. The molecule has 0 saturated heterocycles. The number of fused-ring (bicyclic) bond motifs is 8. The maximum absolute atomic E-state index is 5.51. The molecule has 12 rings (SSSR count). The third-order valence-corrected chi connectivity index (χ3v) is 14.5. The number of aromatic nitrogens is 2. The normalized spacial score (nSPS) is 15.1. The zero-order valence-corrected chi connectivity index (χ0v) is 35.9. The van der Waals surface area contributed by atoms with E-state index in [0.717, 1.165) is 50.6 Å². The van der Waals surface area contributed by atoms with Gasteiger partial charge >= 0.3 is 0 Å². The summed E-state index contributed by atoms with van der Waals surface area (Å²) in [5.41, 5.74) is 24.3. The van der Waals surface area contributed by atoms with Gasteiger partial charge < -0.3 is 0 Å². The fourth-order valence-electron chi connectivity index (χ4n) is 11.3. The van der Waals surface area contributed by atoms with Gasteiger partial charge in [0.15, 0.2) is 0 Å². The number of rotatable bonds is 6. The van der Waals surface area contributed by atoms with Gasteiger partial charge in [0.1, 0.15) is 0 Å². The van der Waals surface area contributed by atoms with E-state index < -0.39 is 0 Å². The fraction of sp³-hybridized carbons (Fsp3) is 0.148. The Bertz CT molecular complexity index is 3190. The van der Waals surface area contributed by atoms with Gasteiger partial charge in [-0.25, -0.2) is 9.97 Å². The maximum Gasteiger partial charge on any atom is 0.0973 e. The number of benzene rings is 8. The van der Waals surface area contributed by atoms with Crippen LogP contribution in [0.1, 0.15) is 68.2 Å². The lowest BCUT2D eigenvalue weighted by Crippen LogP contribution is -2.28. The Morgan fingerprint density at radius 1 is 0.302 bits per heavy atom. The highest BCUT2D eigenvalue weighted by atomic mass is 14.9. The molecule has 1 fully saturated rings. The van der Waals surface area contributed by atoms with Crippen LogP contribution in [0.4, 0.5) is 0 Å². The summed E-state index contributed by atoms with van der Waals surface area (Å²) in [6, 6.07) is 70.9. The van der Waals surface area contributed by atoms with Crippen molar-refractivity contribution >= 4 is 0 Å². The second-order valence-corrected chi connectivity index (χ2v) is 18.4. The maximum atomic E-state index is 5.51. The minimum Gasteiger partial charge on any atom is -0.243 e. The SMILES string of the molecule is CC1(C)c2ccccc2-c2cc3c(cc21)-c1ccc(-c2ccc(-c4cccc(-c5nc(-c6ccccc6)c(-c6ccccc6)nc5-c5ccccc5)c4)cc2)cc1C31CCCCC1. The second kappa shape index (κ2) is 14.7. The summed E-state index contributed by atoms with van der Waals surface area (Å²) in [4.78, 5) is 11.0. The van der Waals surface area contributed by atoms with Crippen LogP contribution in [0.15, 0.2) is 194 Å². The van der Waals surface area contributed by atoms with Crippen LogP contribution in [0.2, 0.25) is 0 Å². The summed E-state index contributed by atoms with van der Waals surface area (Å²) >= 11 is 0. The molecule has 2 nitrogen and oxygen atoms in total. The molecule has 302 valence electrons. The van der Waals surface area contributed by atoms with Crippen LogP contribution in [0.25, 0.3) is 89.5 Å². The van der Waals surface area contributed by atoms with Gasteiger partial charge in [0, 0.05) is 33.1 Å². The molecule has 1 aromatic heterocycles. The number of hydrogen-bond donors (Lipinski definition) is 0. The highest BCUT2D eigenvalue weighted by Crippen LogP contribution is 2.60. The van der Waals surface area contributed by atoms with Gasteiger partial charge in [-0.3, -0.25) is 0 Å². The first-order valence-electron chi connectivity index (χ1n) is 22.7. The molecule has 0 atom stereocenters. The van der Waals surface area contributed by atoms with Gasteiger partial charge in [-0.15, -0.1) is 0 Å². The van der Waals surface area contributed by atoms with Crippen LogP contribution < -0.4 is 0 Å². The van der Waals surface area contributed by atoms with Crippen LogP contribution in [0.5, 0.6) is 0 Å². The van der Waals surface area contributed by atoms with E-state index in [0.29, 0.717) is 0 Å². The van der Waals surface area contributed by atoms with E-state index in [-0.39, 0.29) is 10.8 Å². The summed E-state index contributed by atoms with van der Waals surface area (Å²) in [7, 11) is 0. The third-order valence-electron chi connectivity index (χ3n) is 14.5. The van der Waals surface area contributed by atoms with Crippen molar-refractivity contribution in [3.8, 4) is 89.5 Å². The molecule has 0 N–H and O–H groups in total. The van der Waals surface area contributed by atoms with Crippen molar-refractivity contribution in [2.24, 2.45) is 0 Å². The first-order chi connectivity index (χ1) is 31.0. The van der Waals surface area contributed by atoms with E-state index in [1.165, 1.54) is 87.7 Å². The number of hydrogen-bond acceptors (Lipinski definition) is 2. The highest BCUT2D eigenvalue weighted by molar-refractivity contribution is 5.92. The predicted octanol–water partition coefficient (Wildman–Crippen LogP) is 16.0. The first kappa shape index (κ1) is 37.6. The summed E-state index contributed by atoms with van der Waals surface area (Å²) in [5, 5.41) is 0. The van der Waals surface area contributed by atoms with Crippen molar-refractivity contribution in [1.29, 1.82) is 0 Å². The lowest BCUT2D eigenvalue weighted by Gasteiger charge is -2.36. The van der Waals surface area contributed by atoms with Crippen molar-refractivity contribution in [3.63, 3.8) is 0 Å². The van der Waals surface area contributed by atoms with Crippen LogP contribution in [0.3, 0.4) is 0 Å². The van der Waals surface area contributed by atoms with Gasteiger partial charge in [0.05, 0.1) is 22.8 Å². The van der Waals surface area contributed by atoms with Crippen molar-refractivity contribution in [2.75, 3.05) is 0 Å². The predicted molar refractivity (Wildman–Crippen MR) is 262 cm³/mol. The largest absolute Gasteiger partial charge is 0.243 e. The molecule has 0 radical (unpaired) electrons. The quantitative estimate of drug-likeness (QED) is 0.167. The molecule has 0 aliphatic heterocycles. The molecule has 9 aromatic rings. The summed E-state index contributed by atoms with van der Waals surface area (Å²) in [6.07, 6.45) is 6.31. The van der Waals surface area contributed by atoms with E-state index >= 15 is 0 Å². The molecule has 2 heteroatoms. The Hall–Kier alpha value is -7.16. The second-order valence-electron chi connectivity index (χ2n) is 18.4. The lowest BCUT2D eigenvalue weighted by atomic mass is 9.67. The van der Waals surface area contributed by atoms with Gasteiger partial charge in [-0.05, 0) is 104 Å². The molecule has 63 heavy (non-hydrogen) atoms. The van der Waals surface area contributed by atoms with E-state index in [9.17, 15) is 0 Å². The van der Waals surface area contributed by atoms with Crippen molar-refractivity contribution < 1.29 is 0 Å². The highest BCUT2D eigenvalue weighted by Gasteiger charge is 2.46. The standard InChI is InChI=1S/C61H48N2/c1-60(2)52-27-14-13-26-48(52)50-39-55-51(38-53(50)60)49-33-32-46(37-54(49)61(55)34-15-6-16-35-61)41-30-28-40(29-31-41)45-24-17-25-47(36-45)59-58(44-22-11-5-12-23-44)62-56(42-18-7-3-8-19-42)57(63-59)43-20-9-4-10-21-43/h3-5,7-14,17-33,36-39H,6,15-16,34-35H2,1-2H3. The van der Waals surface area contributed by atoms with Gasteiger partial charge in [-0.2, -0.15) is 0 Å². The molecule has 3 aliphatic carbocycles. The van der Waals surface area contributed by atoms with Gasteiger partial charge in [0.25, 0.3) is 0 Å². The molecular formula is C61H48N2. The third kappa shape index (κ3) is 6.07. The topological polar surface area (TPSA) is 25.8 Å². The molecule has 0 amide bonds. The Balaban J connectivity index is 0.922. The summed E-state index contributed by atoms with van der Waals surface area (Å²) < 4.78 is 0. The molecular weight excluding hydrogens is 761 g/mol. The van der Waals surface area contributed by atoms with Gasteiger partial charge in [0.2, 0.25) is 0 Å². The van der Waals surface area contributed by atoms with E-state index in [2.05, 4.69) is 196 Å². The fourth-order valence-corrected chi connectivity index (χ4v) is 11.3. The molecule has 1 saturated carbocycles. The van der Waals surface area contributed by atoms with Crippen LogP contribution >= 0.6 is 0 Å². The van der Waals surface area contributed by atoms with Crippen molar-refractivity contribution in [1.82, 2.24) is 9.97 Å². The Kier molecular flexibility index (Phi) is 8.80. The lowest BCUT2D eigenvalue weighted by molar-refractivity contribution is 0.353. The smallest absolute Gasteiger partial charge is 0.0973 e. The summed E-state index contributed by atoms with van der Waals surface area (Å²) in [6.45, 7) is 4.81. The first-order valence-corrected chi connectivity index (χ1v) is 22.7. The molecule has 1 heterocycles. The van der Waals surface area contributed by atoms with Crippen LogP contribution in [-0.2, 0) is 10.8 Å². The van der Waals surface area contributed by atoms with E-state index in [1.54, 1.807) is 5.56 Å². The Morgan fingerprint density at radius 2 is 0.730 bits per heavy atom. The van der Waals surface area contributed by atoms with Crippen molar-refractivity contribution in [2.45, 2.75) is 56.8 Å². The van der Waals surface area contributed by atoms with E-state index in [1.807, 2.05) is 12.1 Å². The molecule has 3 aliphatic rings. The molecule has 8 aromatic carbocycles. The molecule has 0 bridgehead atoms. The van der Waals surface area contributed by atoms with Crippen LogP contribution in [-0.4, -0.2) is 9.97 Å². The zero-order chi connectivity index (χ0) is 42.1. The number of nitrogens with zero attached hydrogens (tertiary/aromatic N) is 2. The van der Waals surface area contributed by atoms with Gasteiger partial charge in [-0.1, -0.05) is 203 Å². The van der Waals surface area contributed by atoms with Crippen molar-refractivity contribution in [3.05, 3.63) is 216 Å². The monoisotopic (exact) mass is 808 g/mol. The summed E-state index contributed by atoms with van der Waals surface area (Å²) in [5.74, 6) is 0. The van der Waals surface area contributed by atoms with E-state index in [4.69, 9.17) is 9.97 Å². The average Bonchev–Trinajstić information content (AvgIpc) is 3.74. The minimum atomic E-state index is -0.0136. The zero-order valence-electron chi connectivity index (χ0n) is 35.9.